The normalized spacial score (nSPS) is 26.8. The second-order valence-corrected chi connectivity index (χ2v) is 10.6. The van der Waals surface area contributed by atoms with Gasteiger partial charge in [0.25, 0.3) is 5.91 Å². The SMILES string of the molecule is NC1(c2ncc(-c3cc4c5c(nn4cn3)C3CC5c4c(OC(F)F)cccc4C(=O)N3)cn2)CC(O)(C(F)(F)F)C1. The first-order valence-corrected chi connectivity index (χ1v) is 12.5. The minimum atomic E-state index is -4.81. The van der Waals surface area contributed by atoms with Crippen LogP contribution in [-0.2, 0) is 5.54 Å². The third kappa shape index (κ3) is 3.79. The zero-order valence-corrected chi connectivity index (χ0v) is 20.9. The zero-order valence-electron chi connectivity index (χ0n) is 20.9. The molecule has 1 saturated carbocycles. The highest BCUT2D eigenvalue weighted by molar-refractivity contribution is 5.98. The Labute approximate surface area is 227 Å². The Morgan fingerprint density at radius 2 is 1.88 bits per heavy atom. The van der Waals surface area contributed by atoms with Gasteiger partial charge in [-0.05, 0) is 24.6 Å². The Balaban J connectivity index is 1.26. The number of carbonyl (C=O) groups is 1. The number of carbonyl (C=O) groups excluding carboxylic acids is 1. The van der Waals surface area contributed by atoms with Gasteiger partial charge in [0.15, 0.2) is 5.60 Å². The molecule has 3 aromatic heterocycles. The number of rotatable bonds is 4. The van der Waals surface area contributed by atoms with E-state index in [1.165, 1.54) is 35.4 Å². The number of nitrogens with two attached hydrogens (primary N) is 1. The Hall–Kier alpha value is -4.24. The fourth-order valence-electron chi connectivity index (χ4n) is 6.23. The van der Waals surface area contributed by atoms with Crippen LogP contribution in [0.25, 0.3) is 16.8 Å². The second-order valence-electron chi connectivity index (χ2n) is 10.6. The minimum Gasteiger partial charge on any atom is -0.434 e. The van der Waals surface area contributed by atoms with Gasteiger partial charge in [-0.15, -0.1) is 0 Å². The van der Waals surface area contributed by atoms with Gasteiger partial charge in [0.05, 0.1) is 28.5 Å². The fraction of sp³-hybridized carbons (Fsp3) is 0.346. The van der Waals surface area contributed by atoms with Crippen molar-refractivity contribution in [3.05, 3.63) is 71.2 Å². The summed E-state index contributed by atoms with van der Waals surface area (Å²) in [5.74, 6) is -1.02. The summed E-state index contributed by atoms with van der Waals surface area (Å²) in [6.07, 6.45) is -1.72. The molecule has 0 saturated heterocycles. The third-order valence-corrected chi connectivity index (χ3v) is 8.06. The molecule has 4 heterocycles. The molecule has 2 unspecified atom stereocenters. The molecule has 7 rings (SSSR count). The van der Waals surface area contributed by atoms with E-state index in [1.807, 2.05) is 0 Å². The van der Waals surface area contributed by atoms with Crippen molar-refractivity contribution in [3.63, 3.8) is 0 Å². The first kappa shape index (κ1) is 25.7. The summed E-state index contributed by atoms with van der Waals surface area (Å²) in [6.45, 7) is -3.08. The number of hydrogen-bond acceptors (Lipinski definition) is 8. The molecule has 0 radical (unpaired) electrons. The molecule has 2 aliphatic carbocycles. The molecule has 2 atom stereocenters. The van der Waals surface area contributed by atoms with Gasteiger partial charge in [0.1, 0.15) is 17.9 Å². The molecule has 10 nitrogen and oxygen atoms in total. The number of nitrogens with one attached hydrogen (secondary N) is 1. The van der Waals surface area contributed by atoms with E-state index in [-0.39, 0.29) is 17.1 Å². The Morgan fingerprint density at radius 3 is 2.56 bits per heavy atom. The van der Waals surface area contributed by atoms with Gasteiger partial charge in [-0.3, -0.25) is 4.79 Å². The Bertz CT molecular complexity index is 1720. The Kier molecular flexibility index (Phi) is 5.26. The summed E-state index contributed by atoms with van der Waals surface area (Å²) in [7, 11) is 0. The van der Waals surface area contributed by atoms with Crippen molar-refractivity contribution in [3.8, 4) is 17.0 Å². The van der Waals surface area contributed by atoms with E-state index < -0.39 is 54.6 Å². The highest BCUT2D eigenvalue weighted by atomic mass is 19.4. The van der Waals surface area contributed by atoms with Crippen LogP contribution >= 0.6 is 0 Å². The highest BCUT2D eigenvalue weighted by Crippen LogP contribution is 2.53. The predicted molar refractivity (Wildman–Crippen MR) is 130 cm³/mol. The van der Waals surface area contributed by atoms with E-state index >= 15 is 0 Å². The molecule has 3 aliphatic rings. The average molecular weight is 573 g/mol. The lowest BCUT2D eigenvalue weighted by Gasteiger charge is -2.50. The summed E-state index contributed by atoms with van der Waals surface area (Å²) in [5, 5.41) is 17.3. The topological polar surface area (TPSA) is 141 Å². The number of amides is 1. The lowest BCUT2D eigenvalue weighted by Crippen LogP contribution is -2.66. The highest BCUT2D eigenvalue weighted by Gasteiger charge is 2.67. The van der Waals surface area contributed by atoms with Gasteiger partial charge in [0, 0.05) is 53.4 Å². The predicted octanol–water partition coefficient (Wildman–Crippen LogP) is 3.35. The van der Waals surface area contributed by atoms with E-state index in [4.69, 9.17) is 10.5 Å². The van der Waals surface area contributed by atoms with Crippen LogP contribution in [0.3, 0.4) is 0 Å². The van der Waals surface area contributed by atoms with Gasteiger partial charge in [0.2, 0.25) is 0 Å². The molecule has 1 amide bonds. The number of fused-ring (bicyclic) bond motifs is 9. The molecule has 4 N–H and O–H groups in total. The van der Waals surface area contributed by atoms with Gasteiger partial charge < -0.3 is 20.9 Å². The number of nitrogens with zero attached hydrogens (tertiary/aromatic N) is 5. The van der Waals surface area contributed by atoms with E-state index in [2.05, 4.69) is 25.4 Å². The number of halogens is 5. The van der Waals surface area contributed by atoms with E-state index in [0.717, 1.165) is 5.56 Å². The summed E-state index contributed by atoms with van der Waals surface area (Å²) >= 11 is 0. The van der Waals surface area contributed by atoms with Crippen LogP contribution in [-0.4, -0.2) is 54.0 Å². The van der Waals surface area contributed by atoms with Crippen molar-refractivity contribution >= 4 is 11.4 Å². The second kappa shape index (κ2) is 8.39. The summed E-state index contributed by atoms with van der Waals surface area (Å²) in [4.78, 5) is 25.6. The minimum absolute atomic E-state index is 0.0366. The van der Waals surface area contributed by atoms with Crippen molar-refractivity contribution < 1.29 is 36.6 Å². The zero-order chi connectivity index (χ0) is 28.9. The first-order valence-electron chi connectivity index (χ1n) is 12.5. The molecular weight excluding hydrogens is 553 g/mol. The van der Waals surface area contributed by atoms with Crippen molar-refractivity contribution in [1.29, 1.82) is 0 Å². The molecule has 1 aromatic carbocycles. The number of hydrogen-bond donors (Lipinski definition) is 3. The first-order chi connectivity index (χ1) is 19.4. The third-order valence-electron chi connectivity index (χ3n) is 8.06. The van der Waals surface area contributed by atoms with Crippen molar-refractivity contribution in [1.82, 2.24) is 29.9 Å². The summed E-state index contributed by atoms with van der Waals surface area (Å²) < 4.78 is 72.1. The number of aromatic nitrogens is 5. The fourth-order valence-corrected chi connectivity index (χ4v) is 6.23. The maximum atomic E-state index is 13.2. The standard InChI is InChI=1S/C26H20F5N7O3/c27-23(28)41-17-3-1-2-12-18(17)13-4-15(36-21(12)39)20-19(13)16-5-14(35-10-38(16)37-20)11-6-33-22(34-7-11)24(32)8-25(40,9-24)26(29,30)31/h1-3,5-7,10,13,15,23,40H,4,8-9,32H2,(H,36,39). The van der Waals surface area contributed by atoms with Crippen LogP contribution in [0.2, 0.25) is 0 Å². The van der Waals surface area contributed by atoms with Crippen LogP contribution < -0.4 is 15.8 Å². The van der Waals surface area contributed by atoms with Crippen LogP contribution in [0.4, 0.5) is 22.0 Å². The molecule has 1 aliphatic heterocycles. The molecule has 2 bridgehead atoms. The average Bonchev–Trinajstić information content (AvgIpc) is 3.39. The molecular formula is C26H20F5N7O3. The molecule has 0 spiro atoms. The number of alkyl halides is 5. The molecule has 15 heteroatoms. The van der Waals surface area contributed by atoms with Gasteiger partial charge in [-0.2, -0.15) is 27.1 Å². The smallest absolute Gasteiger partial charge is 0.417 e. The summed E-state index contributed by atoms with van der Waals surface area (Å²) in [5.41, 5.74) is 5.01. The quantitative estimate of drug-likeness (QED) is 0.316. The van der Waals surface area contributed by atoms with E-state index in [9.17, 15) is 31.9 Å². The largest absolute Gasteiger partial charge is 0.434 e. The number of ether oxygens (including phenoxy) is 1. The summed E-state index contributed by atoms with van der Waals surface area (Å²) in [6, 6.07) is 5.69. The monoisotopic (exact) mass is 573 g/mol. The Morgan fingerprint density at radius 1 is 1.15 bits per heavy atom. The van der Waals surface area contributed by atoms with Crippen LogP contribution in [0.15, 0.2) is 43.0 Å². The molecule has 212 valence electrons. The van der Waals surface area contributed by atoms with E-state index in [1.54, 1.807) is 12.1 Å². The maximum Gasteiger partial charge on any atom is 0.417 e. The van der Waals surface area contributed by atoms with Crippen LogP contribution in [0.1, 0.15) is 64.2 Å². The van der Waals surface area contributed by atoms with Crippen molar-refractivity contribution in [2.45, 2.75) is 55.1 Å². The number of benzene rings is 1. The number of aliphatic hydroxyl groups is 1. The van der Waals surface area contributed by atoms with Gasteiger partial charge in [-0.25, -0.2) is 19.5 Å². The molecule has 1 fully saturated rings. The van der Waals surface area contributed by atoms with Gasteiger partial charge >= 0.3 is 12.8 Å². The van der Waals surface area contributed by atoms with E-state index in [0.29, 0.717) is 34.5 Å². The molecule has 41 heavy (non-hydrogen) atoms. The lowest BCUT2D eigenvalue weighted by atomic mass is 9.64. The molecule has 4 aromatic rings. The van der Waals surface area contributed by atoms with Crippen molar-refractivity contribution in [2.24, 2.45) is 5.73 Å². The van der Waals surface area contributed by atoms with Crippen LogP contribution in [0, 0.1) is 0 Å². The van der Waals surface area contributed by atoms with Gasteiger partial charge in [-0.1, -0.05) is 6.07 Å². The van der Waals surface area contributed by atoms with Crippen LogP contribution in [0.5, 0.6) is 5.75 Å². The maximum absolute atomic E-state index is 13.2. The van der Waals surface area contributed by atoms with Crippen molar-refractivity contribution in [2.75, 3.05) is 0 Å². The lowest BCUT2D eigenvalue weighted by molar-refractivity contribution is -0.304.